The number of aryl methyl sites for hydroxylation is 1. The first-order valence-electron chi connectivity index (χ1n) is 5.14. The second kappa shape index (κ2) is 2.99. The van der Waals surface area contributed by atoms with Crippen molar-refractivity contribution in [3.63, 3.8) is 0 Å². The highest BCUT2D eigenvalue weighted by molar-refractivity contribution is 5.53. The molecule has 0 aliphatic carbocycles. The molecule has 0 radical (unpaired) electrons. The summed E-state index contributed by atoms with van der Waals surface area (Å²) in [6, 6.07) is 4.13. The van der Waals surface area contributed by atoms with Crippen molar-refractivity contribution in [2.45, 2.75) is 33.1 Å². The Balaban J connectivity index is 2.70. The number of hydrogen-bond donors (Lipinski definition) is 1. The van der Waals surface area contributed by atoms with E-state index >= 15 is 0 Å². The smallest absolute Gasteiger partial charge is 0.138 e. The maximum atomic E-state index is 5.95. The Hall–Kier alpha value is -1.51. The summed E-state index contributed by atoms with van der Waals surface area (Å²) >= 11 is 0. The van der Waals surface area contributed by atoms with Crippen molar-refractivity contribution in [3.8, 4) is 0 Å². The van der Waals surface area contributed by atoms with Gasteiger partial charge in [-0.25, -0.2) is 4.98 Å². The number of imidazole rings is 1. The third-order valence-corrected chi connectivity index (χ3v) is 2.71. The Labute approximate surface area is 89.9 Å². The van der Waals surface area contributed by atoms with Gasteiger partial charge in [-0.05, 0) is 24.0 Å². The van der Waals surface area contributed by atoms with Crippen LogP contribution >= 0.6 is 0 Å². The number of aromatic nitrogens is 2. The summed E-state index contributed by atoms with van der Waals surface area (Å²) < 4.78 is 1.95. The van der Waals surface area contributed by atoms with Crippen molar-refractivity contribution >= 4 is 11.5 Å². The Morgan fingerprint density at radius 2 is 1.93 bits per heavy atom. The summed E-state index contributed by atoms with van der Waals surface area (Å²) in [7, 11) is 0. The summed E-state index contributed by atoms with van der Waals surface area (Å²) in [5, 5.41) is 0. The highest BCUT2D eigenvalue weighted by atomic mass is 15.1. The van der Waals surface area contributed by atoms with Gasteiger partial charge in [-0.15, -0.1) is 0 Å². The molecule has 2 N–H and O–H groups in total. The lowest BCUT2D eigenvalue weighted by Crippen LogP contribution is -2.12. The third-order valence-electron chi connectivity index (χ3n) is 2.71. The molecule has 3 nitrogen and oxygen atoms in total. The molecule has 2 aromatic heterocycles. The van der Waals surface area contributed by atoms with Gasteiger partial charge in [0, 0.05) is 6.20 Å². The van der Waals surface area contributed by atoms with Crippen molar-refractivity contribution in [1.29, 1.82) is 0 Å². The molecule has 0 fully saturated rings. The molecule has 0 bridgehead atoms. The molecule has 0 aliphatic heterocycles. The molecule has 15 heavy (non-hydrogen) atoms. The number of pyridine rings is 1. The van der Waals surface area contributed by atoms with Crippen molar-refractivity contribution in [3.05, 3.63) is 29.6 Å². The SMILES string of the molecule is Cc1nc2ccc(C(C)(C)C)cn2c1N. The molecule has 2 heterocycles. The maximum absolute atomic E-state index is 5.95. The summed E-state index contributed by atoms with van der Waals surface area (Å²) in [4.78, 5) is 4.37. The zero-order chi connectivity index (χ0) is 11.2. The Morgan fingerprint density at radius 1 is 1.27 bits per heavy atom. The van der Waals surface area contributed by atoms with Gasteiger partial charge in [0.05, 0.1) is 5.69 Å². The van der Waals surface area contributed by atoms with Crippen molar-refractivity contribution in [1.82, 2.24) is 9.38 Å². The third kappa shape index (κ3) is 1.58. The molecule has 0 saturated carbocycles. The fraction of sp³-hybridized carbons (Fsp3) is 0.417. The Morgan fingerprint density at radius 3 is 2.53 bits per heavy atom. The van der Waals surface area contributed by atoms with E-state index in [4.69, 9.17) is 5.73 Å². The molecule has 2 rings (SSSR count). The second-order valence-corrected chi connectivity index (χ2v) is 4.98. The summed E-state index contributed by atoms with van der Waals surface area (Å²) in [5.74, 6) is 0.733. The normalized spacial score (nSPS) is 12.3. The number of nitrogens with two attached hydrogens (primary N) is 1. The highest BCUT2D eigenvalue weighted by Crippen LogP contribution is 2.24. The number of nitrogen functional groups attached to an aromatic ring is 1. The number of anilines is 1. The summed E-state index contributed by atoms with van der Waals surface area (Å²) in [6.45, 7) is 8.50. The van der Waals surface area contributed by atoms with Crippen LogP contribution in [0.15, 0.2) is 18.3 Å². The number of nitrogens with zero attached hydrogens (tertiary/aromatic N) is 2. The van der Waals surface area contributed by atoms with Crippen LogP contribution in [0.1, 0.15) is 32.0 Å². The first-order chi connectivity index (χ1) is 6.89. The monoisotopic (exact) mass is 203 g/mol. The fourth-order valence-corrected chi connectivity index (χ4v) is 1.62. The lowest BCUT2D eigenvalue weighted by atomic mass is 9.88. The molecule has 0 aliphatic rings. The van der Waals surface area contributed by atoms with Gasteiger partial charge in [0.1, 0.15) is 11.5 Å². The van der Waals surface area contributed by atoms with Gasteiger partial charge in [-0.3, -0.25) is 4.40 Å². The van der Waals surface area contributed by atoms with E-state index in [1.165, 1.54) is 5.56 Å². The first-order valence-corrected chi connectivity index (χ1v) is 5.14. The predicted molar refractivity (Wildman–Crippen MR) is 63.0 cm³/mol. The number of fused-ring (bicyclic) bond motifs is 1. The van der Waals surface area contributed by atoms with Crippen LogP contribution in [0, 0.1) is 6.92 Å². The van der Waals surface area contributed by atoms with E-state index in [-0.39, 0.29) is 5.41 Å². The van der Waals surface area contributed by atoms with Crippen LogP contribution in [0.25, 0.3) is 5.65 Å². The van der Waals surface area contributed by atoms with Crippen LogP contribution in [-0.2, 0) is 5.41 Å². The van der Waals surface area contributed by atoms with Gasteiger partial charge in [0.25, 0.3) is 0 Å². The average molecular weight is 203 g/mol. The molecule has 0 unspecified atom stereocenters. The van der Waals surface area contributed by atoms with Crippen LogP contribution in [0.2, 0.25) is 0 Å². The minimum Gasteiger partial charge on any atom is -0.383 e. The van der Waals surface area contributed by atoms with E-state index in [1.807, 2.05) is 17.4 Å². The van der Waals surface area contributed by atoms with Gasteiger partial charge in [0.15, 0.2) is 0 Å². The zero-order valence-electron chi connectivity index (χ0n) is 9.70. The molecule has 3 heteroatoms. The van der Waals surface area contributed by atoms with E-state index in [0.29, 0.717) is 0 Å². The highest BCUT2D eigenvalue weighted by Gasteiger charge is 2.15. The van der Waals surface area contributed by atoms with E-state index in [2.05, 4.69) is 38.0 Å². The van der Waals surface area contributed by atoms with E-state index in [1.54, 1.807) is 0 Å². The molecule has 2 aromatic rings. The quantitative estimate of drug-likeness (QED) is 0.715. The fourth-order valence-electron chi connectivity index (χ4n) is 1.62. The number of rotatable bonds is 0. The minimum absolute atomic E-state index is 0.138. The molecule has 0 aromatic carbocycles. The lowest BCUT2D eigenvalue weighted by molar-refractivity contribution is 0.587. The van der Waals surface area contributed by atoms with Crippen LogP contribution in [0.5, 0.6) is 0 Å². The topological polar surface area (TPSA) is 43.3 Å². The van der Waals surface area contributed by atoms with Crippen LogP contribution in [0.4, 0.5) is 5.82 Å². The van der Waals surface area contributed by atoms with Crippen LogP contribution in [0.3, 0.4) is 0 Å². The first kappa shape index (κ1) is 10.0. The lowest BCUT2D eigenvalue weighted by Gasteiger charge is -2.18. The van der Waals surface area contributed by atoms with E-state index < -0.39 is 0 Å². The Bertz CT molecular complexity index is 503. The molecule has 0 saturated heterocycles. The zero-order valence-corrected chi connectivity index (χ0v) is 9.70. The molecular weight excluding hydrogens is 186 g/mol. The maximum Gasteiger partial charge on any atom is 0.138 e. The van der Waals surface area contributed by atoms with Crippen LogP contribution < -0.4 is 5.73 Å². The van der Waals surface area contributed by atoms with Gasteiger partial charge in [-0.1, -0.05) is 26.8 Å². The van der Waals surface area contributed by atoms with E-state index in [0.717, 1.165) is 17.2 Å². The standard InChI is InChI=1S/C12H17N3/c1-8-11(13)15-7-9(12(2,3)4)5-6-10(15)14-8/h5-7H,13H2,1-4H3. The number of hydrogen-bond acceptors (Lipinski definition) is 2. The van der Waals surface area contributed by atoms with Gasteiger partial charge in [0.2, 0.25) is 0 Å². The molecular formula is C12H17N3. The molecule has 80 valence electrons. The molecule has 0 amide bonds. The Kier molecular flexibility index (Phi) is 2.00. The van der Waals surface area contributed by atoms with Crippen molar-refractivity contribution < 1.29 is 0 Å². The summed E-state index contributed by atoms with van der Waals surface area (Å²) in [5.41, 5.74) is 9.16. The predicted octanol–water partition coefficient (Wildman–Crippen LogP) is 2.52. The van der Waals surface area contributed by atoms with Gasteiger partial charge < -0.3 is 5.73 Å². The van der Waals surface area contributed by atoms with Crippen molar-refractivity contribution in [2.75, 3.05) is 5.73 Å². The largest absolute Gasteiger partial charge is 0.383 e. The van der Waals surface area contributed by atoms with E-state index in [9.17, 15) is 0 Å². The van der Waals surface area contributed by atoms with Gasteiger partial charge >= 0.3 is 0 Å². The van der Waals surface area contributed by atoms with Gasteiger partial charge in [-0.2, -0.15) is 0 Å². The minimum atomic E-state index is 0.138. The second-order valence-electron chi connectivity index (χ2n) is 4.98. The molecule has 0 atom stereocenters. The average Bonchev–Trinajstić information content (AvgIpc) is 2.41. The van der Waals surface area contributed by atoms with Crippen molar-refractivity contribution in [2.24, 2.45) is 0 Å². The van der Waals surface area contributed by atoms with Crippen LogP contribution in [-0.4, -0.2) is 9.38 Å². The summed E-state index contributed by atoms with van der Waals surface area (Å²) in [6.07, 6.45) is 2.07. The molecule has 0 spiro atoms.